The second-order valence-electron chi connectivity index (χ2n) is 7.80. The fourth-order valence-corrected chi connectivity index (χ4v) is 5.06. The number of hydrogen-bond donors (Lipinski definition) is 1. The van der Waals surface area contributed by atoms with E-state index in [4.69, 9.17) is 11.6 Å². The van der Waals surface area contributed by atoms with Gasteiger partial charge in [0.15, 0.2) is 0 Å². The van der Waals surface area contributed by atoms with Gasteiger partial charge in [0.2, 0.25) is 15.9 Å². The minimum atomic E-state index is -3.57. The van der Waals surface area contributed by atoms with Crippen LogP contribution in [0.15, 0.2) is 53.4 Å². The molecule has 7 nitrogen and oxygen atoms in total. The molecule has 31 heavy (non-hydrogen) atoms. The van der Waals surface area contributed by atoms with Crippen molar-refractivity contribution in [2.45, 2.75) is 24.7 Å². The van der Waals surface area contributed by atoms with Crippen molar-refractivity contribution in [2.24, 2.45) is 5.92 Å². The van der Waals surface area contributed by atoms with E-state index in [1.165, 1.54) is 40.5 Å². The zero-order valence-corrected chi connectivity index (χ0v) is 19.1. The van der Waals surface area contributed by atoms with E-state index in [1.807, 2.05) is 0 Å². The number of likely N-dealkylation sites (N-methyl/N-ethyl adjacent to an activating group) is 1. The lowest BCUT2D eigenvalue weighted by atomic mass is 10.0. The number of anilines is 1. The lowest BCUT2D eigenvalue weighted by molar-refractivity contribution is -0.116. The molecule has 1 aliphatic rings. The van der Waals surface area contributed by atoms with Crippen molar-refractivity contribution in [3.8, 4) is 0 Å². The third-order valence-corrected chi connectivity index (χ3v) is 7.60. The number of nitrogens with zero attached hydrogens (tertiary/aromatic N) is 2. The maximum atomic E-state index is 12.8. The van der Waals surface area contributed by atoms with Gasteiger partial charge in [-0.15, -0.1) is 0 Å². The third kappa shape index (κ3) is 5.64. The number of halogens is 1. The predicted molar refractivity (Wildman–Crippen MR) is 121 cm³/mol. The Hall–Kier alpha value is -2.42. The summed E-state index contributed by atoms with van der Waals surface area (Å²) in [7, 11) is -2.07. The summed E-state index contributed by atoms with van der Waals surface area (Å²) in [5.74, 6) is -0.246. The van der Waals surface area contributed by atoms with Crippen LogP contribution in [0.1, 0.15) is 30.1 Å². The molecule has 9 heteroatoms. The quantitative estimate of drug-likeness (QED) is 0.710. The van der Waals surface area contributed by atoms with Crippen LogP contribution in [0.4, 0.5) is 5.69 Å². The van der Waals surface area contributed by atoms with Crippen LogP contribution < -0.4 is 5.32 Å². The number of amides is 2. The number of piperidine rings is 1. The molecule has 0 unspecified atom stereocenters. The monoisotopic (exact) mass is 463 g/mol. The number of hydrogen-bond acceptors (Lipinski definition) is 4. The Morgan fingerprint density at radius 2 is 1.71 bits per heavy atom. The van der Waals surface area contributed by atoms with Crippen LogP contribution in [0, 0.1) is 5.92 Å². The van der Waals surface area contributed by atoms with Crippen molar-refractivity contribution >= 4 is 39.1 Å². The summed E-state index contributed by atoms with van der Waals surface area (Å²) in [6.07, 6.45) is 1.69. The topological polar surface area (TPSA) is 86.8 Å². The summed E-state index contributed by atoms with van der Waals surface area (Å²) in [6, 6.07) is 12.7. The van der Waals surface area contributed by atoms with Gasteiger partial charge in [0.25, 0.3) is 5.91 Å². The molecule has 0 atom stereocenters. The number of rotatable bonds is 6. The Balaban J connectivity index is 1.63. The van der Waals surface area contributed by atoms with Gasteiger partial charge in [-0.1, -0.05) is 30.7 Å². The van der Waals surface area contributed by atoms with Gasteiger partial charge in [-0.05, 0) is 55.2 Å². The fourth-order valence-electron chi connectivity index (χ4n) is 3.40. The van der Waals surface area contributed by atoms with Crippen LogP contribution >= 0.6 is 11.6 Å². The number of sulfonamides is 1. The number of carbonyl (C=O) groups excluding carboxylic acids is 2. The zero-order chi connectivity index (χ0) is 22.6. The highest BCUT2D eigenvalue weighted by molar-refractivity contribution is 7.89. The van der Waals surface area contributed by atoms with Crippen molar-refractivity contribution < 1.29 is 18.0 Å². The molecule has 2 amide bonds. The summed E-state index contributed by atoms with van der Waals surface area (Å²) in [5, 5.41) is 3.07. The van der Waals surface area contributed by atoms with E-state index in [-0.39, 0.29) is 23.3 Å². The van der Waals surface area contributed by atoms with Gasteiger partial charge < -0.3 is 10.2 Å². The summed E-state index contributed by atoms with van der Waals surface area (Å²) in [5.41, 5.74) is 0.774. The number of benzene rings is 2. The Morgan fingerprint density at radius 1 is 1.10 bits per heavy atom. The minimum absolute atomic E-state index is 0.165. The molecule has 0 saturated carbocycles. The van der Waals surface area contributed by atoms with E-state index in [9.17, 15) is 18.0 Å². The van der Waals surface area contributed by atoms with Gasteiger partial charge in [0, 0.05) is 25.7 Å². The first kappa shape index (κ1) is 23.2. The second kappa shape index (κ2) is 9.80. The molecule has 0 bridgehead atoms. The molecule has 2 aromatic carbocycles. The SMILES string of the molecule is CC1CCN(S(=O)(=O)c2ccc(C(=O)N(C)CC(=O)Nc3ccccc3Cl)cc2)CC1. The molecule has 1 aliphatic heterocycles. The molecule has 0 aliphatic carbocycles. The third-order valence-electron chi connectivity index (χ3n) is 5.36. The smallest absolute Gasteiger partial charge is 0.254 e. The lowest BCUT2D eigenvalue weighted by Gasteiger charge is -2.29. The highest BCUT2D eigenvalue weighted by atomic mass is 35.5. The van der Waals surface area contributed by atoms with Crippen molar-refractivity contribution in [2.75, 3.05) is 32.0 Å². The Morgan fingerprint density at radius 3 is 2.32 bits per heavy atom. The van der Waals surface area contributed by atoms with E-state index in [0.717, 1.165) is 12.8 Å². The summed E-state index contributed by atoms with van der Waals surface area (Å²) in [6.45, 7) is 2.96. The molecule has 2 aromatic rings. The van der Waals surface area contributed by atoms with Gasteiger partial charge >= 0.3 is 0 Å². The average Bonchev–Trinajstić information content (AvgIpc) is 2.75. The van der Waals surface area contributed by atoms with E-state index in [1.54, 1.807) is 24.3 Å². The molecule has 1 N–H and O–H groups in total. The Kier molecular flexibility index (Phi) is 7.35. The lowest BCUT2D eigenvalue weighted by Crippen LogP contribution is -2.38. The number of para-hydroxylation sites is 1. The molecule has 1 saturated heterocycles. The summed E-state index contributed by atoms with van der Waals surface area (Å²) < 4.78 is 27.1. The largest absolute Gasteiger partial charge is 0.332 e. The minimum Gasteiger partial charge on any atom is -0.332 e. The van der Waals surface area contributed by atoms with E-state index >= 15 is 0 Å². The zero-order valence-electron chi connectivity index (χ0n) is 17.5. The van der Waals surface area contributed by atoms with Crippen molar-refractivity contribution in [1.82, 2.24) is 9.21 Å². The van der Waals surface area contributed by atoms with Gasteiger partial charge in [-0.3, -0.25) is 9.59 Å². The average molecular weight is 464 g/mol. The van der Waals surface area contributed by atoms with Crippen LogP contribution in [-0.2, 0) is 14.8 Å². The van der Waals surface area contributed by atoms with Crippen LogP contribution in [0.2, 0.25) is 5.02 Å². The Bertz CT molecular complexity index is 1050. The van der Waals surface area contributed by atoms with Crippen LogP contribution in [0.3, 0.4) is 0 Å². The van der Waals surface area contributed by atoms with Crippen molar-refractivity contribution in [3.05, 3.63) is 59.1 Å². The molecular formula is C22H26ClN3O4S. The molecule has 0 spiro atoms. The second-order valence-corrected chi connectivity index (χ2v) is 10.1. The number of carbonyl (C=O) groups is 2. The molecule has 3 rings (SSSR count). The molecule has 1 heterocycles. The maximum absolute atomic E-state index is 12.8. The molecular weight excluding hydrogens is 438 g/mol. The number of nitrogens with one attached hydrogen (secondary N) is 1. The standard InChI is InChI=1S/C22H26ClN3O4S/c1-16-11-13-26(14-12-16)31(29,30)18-9-7-17(8-10-18)22(28)25(2)15-21(27)24-20-6-4-3-5-19(20)23/h3-10,16H,11-15H2,1-2H3,(H,24,27). The van der Waals surface area contributed by atoms with Gasteiger partial charge in [-0.2, -0.15) is 4.31 Å². The molecule has 0 radical (unpaired) electrons. The van der Waals surface area contributed by atoms with Crippen LogP contribution in [0.25, 0.3) is 0 Å². The van der Waals surface area contributed by atoms with Crippen LogP contribution in [-0.4, -0.2) is 56.1 Å². The first-order chi connectivity index (χ1) is 14.7. The van der Waals surface area contributed by atoms with Gasteiger partial charge in [0.05, 0.1) is 22.2 Å². The maximum Gasteiger partial charge on any atom is 0.254 e. The summed E-state index contributed by atoms with van der Waals surface area (Å²) in [4.78, 5) is 26.3. The van der Waals surface area contributed by atoms with Gasteiger partial charge in [0.1, 0.15) is 0 Å². The normalized spacial score (nSPS) is 15.5. The fraction of sp³-hybridized carbons (Fsp3) is 0.364. The van der Waals surface area contributed by atoms with E-state index < -0.39 is 10.0 Å². The molecule has 0 aromatic heterocycles. The van der Waals surface area contributed by atoms with Crippen LogP contribution in [0.5, 0.6) is 0 Å². The van der Waals surface area contributed by atoms with E-state index in [2.05, 4.69) is 12.2 Å². The molecule has 1 fully saturated rings. The highest BCUT2D eigenvalue weighted by Gasteiger charge is 2.28. The first-order valence-corrected chi connectivity index (χ1v) is 11.9. The molecule has 166 valence electrons. The summed E-state index contributed by atoms with van der Waals surface area (Å²) >= 11 is 6.03. The Labute approximate surface area is 188 Å². The van der Waals surface area contributed by atoms with E-state index in [0.29, 0.717) is 35.3 Å². The first-order valence-electron chi connectivity index (χ1n) is 10.1. The van der Waals surface area contributed by atoms with Crippen molar-refractivity contribution in [1.29, 1.82) is 0 Å². The van der Waals surface area contributed by atoms with Gasteiger partial charge in [-0.25, -0.2) is 8.42 Å². The van der Waals surface area contributed by atoms with Crippen molar-refractivity contribution in [3.63, 3.8) is 0 Å². The predicted octanol–water partition coefficient (Wildman–Crippen LogP) is 3.47. The highest BCUT2D eigenvalue weighted by Crippen LogP contribution is 2.24.